The zero-order chi connectivity index (χ0) is 32.6. The average Bonchev–Trinajstić information content (AvgIpc) is 2.99. The van der Waals surface area contributed by atoms with Crippen molar-refractivity contribution in [2.24, 2.45) is 0 Å². The van der Waals surface area contributed by atoms with Crippen molar-refractivity contribution in [1.29, 1.82) is 0 Å². The molecule has 0 aliphatic rings. The maximum absolute atomic E-state index is 13.2. The van der Waals surface area contributed by atoms with E-state index in [1.54, 1.807) is 94.8 Å². The number of ether oxygens (including phenoxy) is 2. The summed E-state index contributed by atoms with van der Waals surface area (Å²) in [5.41, 5.74) is 3.88. The fourth-order valence-corrected chi connectivity index (χ4v) is 5.14. The van der Waals surface area contributed by atoms with Gasteiger partial charge in [-0.05, 0) is 80.6 Å². The largest absolute Gasteiger partial charge is 0.445 e. The van der Waals surface area contributed by atoms with Crippen LogP contribution in [0.1, 0.15) is 42.3 Å². The first-order valence-electron chi connectivity index (χ1n) is 14.4. The van der Waals surface area contributed by atoms with Gasteiger partial charge in [0.15, 0.2) is 0 Å². The molecule has 0 spiro atoms. The summed E-state index contributed by atoms with van der Waals surface area (Å²) < 4.78 is 22.9. The van der Waals surface area contributed by atoms with Crippen LogP contribution < -0.4 is 21.3 Å². The molecule has 0 aromatic heterocycles. The monoisotopic (exact) mass is 627 g/mol. The summed E-state index contributed by atoms with van der Waals surface area (Å²) in [6, 6.07) is 29.0. The van der Waals surface area contributed by atoms with Crippen LogP contribution >= 0.6 is 7.14 Å². The first-order valence-corrected chi connectivity index (χ1v) is 17.0. The first-order chi connectivity index (χ1) is 21.3. The summed E-state index contributed by atoms with van der Waals surface area (Å²) in [6.45, 7) is 9.02. The molecule has 0 saturated carbocycles. The van der Waals surface area contributed by atoms with Crippen molar-refractivity contribution in [3.05, 3.63) is 114 Å². The van der Waals surface area contributed by atoms with Gasteiger partial charge in [0.05, 0.1) is 11.4 Å². The van der Waals surface area contributed by atoms with Crippen LogP contribution in [0.2, 0.25) is 0 Å². The van der Waals surface area contributed by atoms with Crippen molar-refractivity contribution >= 4 is 41.9 Å². The van der Waals surface area contributed by atoms with Gasteiger partial charge in [-0.3, -0.25) is 10.1 Å². The Morgan fingerprint density at radius 2 is 1.36 bits per heavy atom. The smallest absolute Gasteiger partial charge is 0.412 e. The third-order valence-electron chi connectivity index (χ3n) is 6.59. The predicted molar refractivity (Wildman–Crippen MR) is 179 cm³/mol. The van der Waals surface area contributed by atoms with Gasteiger partial charge < -0.3 is 24.7 Å². The molecule has 4 aromatic carbocycles. The van der Waals surface area contributed by atoms with Crippen molar-refractivity contribution in [1.82, 2.24) is 5.32 Å². The lowest BCUT2D eigenvalue weighted by molar-refractivity contribution is 0.0635. The standard InChI is InChI=1S/C35H38N3O6P/c1-35(2,3)44-34(41)38-30-20-17-28(26-9-7-6-8-10-26)21-31(30)37-32(39)27-15-11-24(12-16-27)22-36-33(40)43-23-25-13-18-29(19-14-25)45(4,5)42/h6-21H,22-23H2,1-5H3,(H,36,40)(H,37,39)(H,38,41). The third-order valence-corrected chi connectivity index (χ3v) is 8.13. The van der Waals surface area contributed by atoms with Gasteiger partial charge in [0.25, 0.3) is 5.91 Å². The molecule has 0 fully saturated rings. The van der Waals surface area contributed by atoms with Gasteiger partial charge in [-0.2, -0.15) is 0 Å². The van der Waals surface area contributed by atoms with Crippen molar-refractivity contribution in [3.63, 3.8) is 0 Å². The Hall–Kier alpha value is -4.88. The number of hydrogen-bond donors (Lipinski definition) is 3. The summed E-state index contributed by atoms with van der Waals surface area (Å²) in [5.74, 6) is -0.375. The van der Waals surface area contributed by atoms with Gasteiger partial charge in [0.2, 0.25) is 0 Å². The Balaban J connectivity index is 1.37. The molecule has 0 saturated heterocycles. The van der Waals surface area contributed by atoms with Gasteiger partial charge in [-0.25, -0.2) is 9.59 Å². The van der Waals surface area contributed by atoms with E-state index in [4.69, 9.17) is 9.47 Å². The fourth-order valence-electron chi connectivity index (χ4n) is 4.27. The second-order valence-corrected chi connectivity index (χ2v) is 15.1. The molecule has 4 aromatic rings. The fraction of sp³-hybridized carbons (Fsp3) is 0.229. The number of alkyl carbamates (subject to hydrolysis) is 1. The minimum Gasteiger partial charge on any atom is -0.445 e. The van der Waals surface area contributed by atoms with Gasteiger partial charge in [0, 0.05) is 17.4 Å². The topological polar surface area (TPSA) is 123 Å². The Morgan fingerprint density at radius 3 is 1.98 bits per heavy atom. The Morgan fingerprint density at radius 1 is 0.711 bits per heavy atom. The van der Waals surface area contributed by atoms with Crippen molar-refractivity contribution in [2.45, 2.75) is 39.5 Å². The molecule has 0 heterocycles. The lowest BCUT2D eigenvalue weighted by Gasteiger charge is -2.21. The molecule has 3 N–H and O–H groups in total. The second kappa shape index (κ2) is 14.3. The highest BCUT2D eigenvalue weighted by molar-refractivity contribution is 7.70. The van der Waals surface area contributed by atoms with Gasteiger partial charge in [0.1, 0.15) is 19.3 Å². The SMILES string of the molecule is CC(C)(C)OC(=O)Nc1ccc(-c2ccccc2)cc1NC(=O)c1ccc(CNC(=O)OCc2ccc(P(C)(C)=O)cc2)cc1. The van der Waals surface area contributed by atoms with E-state index in [1.807, 2.05) is 36.4 Å². The Labute approximate surface area is 263 Å². The third kappa shape index (κ3) is 10.1. The van der Waals surface area contributed by atoms with Gasteiger partial charge in [-0.1, -0.05) is 72.8 Å². The summed E-state index contributed by atoms with van der Waals surface area (Å²) in [6.07, 6.45) is -1.22. The van der Waals surface area contributed by atoms with E-state index in [9.17, 15) is 18.9 Å². The Bertz CT molecular complexity index is 1690. The van der Waals surface area contributed by atoms with Crippen molar-refractivity contribution in [3.8, 4) is 11.1 Å². The van der Waals surface area contributed by atoms with Crippen molar-refractivity contribution in [2.75, 3.05) is 24.0 Å². The van der Waals surface area contributed by atoms with Crippen LogP contribution in [0.5, 0.6) is 0 Å². The molecular formula is C35H38N3O6P. The van der Waals surface area contributed by atoms with E-state index in [-0.39, 0.29) is 19.1 Å². The predicted octanol–water partition coefficient (Wildman–Crippen LogP) is 7.63. The number of nitrogens with one attached hydrogen (secondary N) is 3. The maximum Gasteiger partial charge on any atom is 0.412 e. The number of carbonyl (C=O) groups is 3. The summed E-state index contributed by atoms with van der Waals surface area (Å²) in [4.78, 5) is 38.0. The maximum atomic E-state index is 13.2. The van der Waals surface area contributed by atoms with E-state index in [2.05, 4.69) is 16.0 Å². The molecular weight excluding hydrogens is 589 g/mol. The molecule has 10 heteroatoms. The van der Waals surface area contributed by atoms with E-state index >= 15 is 0 Å². The second-order valence-electron chi connectivity index (χ2n) is 11.9. The van der Waals surface area contributed by atoms with E-state index in [0.717, 1.165) is 27.6 Å². The average molecular weight is 628 g/mol. The highest BCUT2D eigenvalue weighted by Gasteiger charge is 2.19. The van der Waals surface area contributed by atoms with Crippen LogP contribution in [-0.4, -0.2) is 37.0 Å². The van der Waals surface area contributed by atoms with Crippen molar-refractivity contribution < 1.29 is 28.4 Å². The number of anilines is 2. The van der Waals surface area contributed by atoms with Crippen LogP contribution in [0.25, 0.3) is 11.1 Å². The molecule has 0 bridgehead atoms. The van der Waals surface area contributed by atoms with Crippen LogP contribution in [0.4, 0.5) is 21.0 Å². The molecule has 45 heavy (non-hydrogen) atoms. The van der Waals surface area contributed by atoms with E-state index in [1.165, 1.54) is 0 Å². The van der Waals surface area contributed by atoms with E-state index in [0.29, 0.717) is 16.9 Å². The zero-order valence-corrected chi connectivity index (χ0v) is 26.9. The molecule has 234 valence electrons. The normalized spacial score (nSPS) is 11.3. The first kappa shape index (κ1) is 33.0. The molecule has 3 amide bonds. The van der Waals surface area contributed by atoms with Crippen LogP contribution in [0, 0.1) is 0 Å². The number of rotatable bonds is 9. The van der Waals surface area contributed by atoms with Crippen LogP contribution in [-0.2, 0) is 27.2 Å². The van der Waals surface area contributed by atoms with Crippen LogP contribution in [0.3, 0.4) is 0 Å². The number of hydrogen-bond acceptors (Lipinski definition) is 6. The molecule has 0 radical (unpaired) electrons. The Kier molecular flexibility index (Phi) is 10.5. The number of amides is 3. The number of benzene rings is 4. The highest BCUT2D eigenvalue weighted by Crippen LogP contribution is 2.34. The molecule has 4 rings (SSSR count). The number of carbonyl (C=O) groups excluding carboxylic acids is 3. The summed E-state index contributed by atoms with van der Waals surface area (Å²) in [5, 5.41) is 9.10. The molecule has 0 atom stereocenters. The summed E-state index contributed by atoms with van der Waals surface area (Å²) >= 11 is 0. The van der Waals surface area contributed by atoms with E-state index < -0.39 is 24.9 Å². The minimum absolute atomic E-state index is 0.0825. The quantitative estimate of drug-likeness (QED) is 0.164. The molecule has 9 nitrogen and oxygen atoms in total. The highest BCUT2D eigenvalue weighted by atomic mass is 31.2. The lowest BCUT2D eigenvalue weighted by Crippen LogP contribution is -2.27. The minimum atomic E-state index is -2.34. The molecule has 0 aliphatic heterocycles. The van der Waals surface area contributed by atoms with Gasteiger partial charge >= 0.3 is 12.2 Å². The molecule has 0 aliphatic carbocycles. The van der Waals surface area contributed by atoms with Crippen LogP contribution in [0.15, 0.2) is 97.1 Å². The lowest BCUT2D eigenvalue weighted by atomic mass is 10.0. The summed E-state index contributed by atoms with van der Waals surface area (Å²) in [7, 11) is -2.34. The molecule has 0 unspecified atom stereocenters. The van der Waals surface area contributed by atoms with Gasteiger partial charge in [-0.15, -0.1) is 0 Å². The zero-order valence-electron chi connectivity index (χ0n) is 26.0.